The fraction of sp³-hybridized carbons (Fsp3) is 0.316. The molecule has 7 heteroatoms. The fourth-order valence-electron chi connectivity index (χ4n) is 2.99. The van der Waals surface area contributed by atoms with Crippen molar-refractivity contribution in [3.05, 3.63) is 70.7 Å². The molecule has 1 aliphatic rings. The second kappa shape index (κ2) is 8.31. The molecule has 1 heterocycles. The van der Waals surface area contributed by atoms with Crippen LogP contribution in [0, 0.1) is 0 Å². The summed E-state index contributed by atoms with van der Waals surface area (Å²) < 4.78 is 26.8. The zero-order chi connectivity index (χ0) is 18.6. The Hall–Kier alpha value is -1.73. The molecular formula is C19H21ClN2O3S. The number of ketones is 1. The second-order valence-electron chi connectivity index (χ2n) is 6.31. The average Bonchev–Trinajstić information content (AvgIpc) is 2.65. The van der Waals surface area contributed by atoms with E-state index in [0.717, 1.165) is 0 Å². The Kier molecular flexibility index (Phi) is 6.09. The molecule has 0 amide bonds. The number of piperazine rings is 1. The van der Waals surface area contributed by atoms with E-state index >= 15 is 0 Å². The van der Waals surface area contributed by atoms with Gasteiger partial charge in [0.05, 0.1) is 12.3 Å². The Labute approximate surface area is 159 Å². The quantitative estimate of drug-likeness (QED) is 0.709. The molecule has 0 spiro atoms. The molecular weight excluding hydrogens is 372 g/mol. The number of hydrogen-bond donors (Lipinski definition) is 0. The lowest BCUT2D eigenvalue weighted by Crippen LogP contribution is -2.50. The second-order valence-corrected chi connectivity index (χ2v) is 8.69. The molecule has 1 fully saturated rings. The molecule has 0 saturated carbocycles. The van der Waals surface area contributed by atoms with E-state index in [-0.39, 0.29) is 11.5 Å². The van der Waals surface area contributed by atoms with Gasteiger partial charge >= 0.3 is 0 Å². The standard InChI is InChI=1S/C19H21ClN2O3S/c20-18-9-5-4-8-17(18)15-26(24,25)22-12-10-21(11-13-22)14-19(23)16-6-2-1-3-7-16/h1-9H,10-15H2. The number of halogens is 1. The third kappa shape index (κ3) is 4.71. The summed E-state index contributed by atoms with van der Waals surface area (Å²) in [7, 11) is -3.43. The first-order chi connectivity index (χ1) is 12.5. The first-order valence-corrected chi connectivity index (χ1v) is 10.5. The van der Waals surface area contributed by atoms with E-state index in [1.807, 2.05) is 23.1 Å². The van der Waals surface area contributed by atoms with Gasteiger partial charge in [0.25, 0.3) is 0 Å². The van der Waals surface area contributed by atoms with Crippen LogP contribution in [-0.4, -0.2) is 56.1 Å². The third-order valence-electron chi connectivity index (χ3n) is 4.48. The fourth-order valence-corrected chi connectivity index (χ4v) is 4.82. The van der Waals surface area contributed by atoms with Crippen molar-refractivity contribution in [2.45, 2.75) is 5.75 Å². The summed E-state index contributed by atoms with van der Waals surface area (Å²) in [4.78, 5) is 14.3. The number of rotatable bonds is 6. The molecule has 1 saturated heterocycles. The number of nitrogens with zero attached hydrogens (tertiary/aromatic N) is 2. The van der Waals surface area contributed by atoms with Crippen molar-refractivity contribution in [1.82, 2.24) is 9.21 Å². The van der Waals surface area contributed by atoms with Crippen LogP contribution in [0.5, 0.6) is 0 Å². The lowest BCUT2D eigenvalue weighted by molar-refractivity contribution is 0.0901. The van der Waals surface area contributed by atoms with Gasteiger partial charge in [-0.1, -0.05) is 60.1 Å². The molecule has 0 aromatic heterocycles. The van der Waals surface area contributed by atoms with Crippen LogP contribution >= 0.6 is 11.6 Å². The highest BCUT2D eigenvalue weighted by atomic mass is 35.5. The van der Waals surface area contributed by atoms with Crippen LogP contribution in [0.15, 0.2) is 54.6 Å². The van der Waals surface area contributed by atoms with E-state index in [0.29, 0.717) is 48.9 Å². The number of benzene rings is 2. The Morgan fingerprint density at radius 2 is 1.54 bits per heavy atom. The highest BCUT2D eigenvalue weighted by Crippen LogP contribution is 2.20. The molecule has 0 unspecified atom stereocenters. The van der Waals surface area contributed by atoms with E-state index in [9.17, 15) is 13.2 Å². The van der Waals surface area contributed by atoms with Gasteiger partial charge in [0.1, 0.15) is 0 Å². The van der Waals surface area contributed by atoms with Gasteiger partial charge in [0.2, 0.25) is 10.0 Å². The van der Waals surface area contributed by atoms with E-state index in [1.165, 1.54) is 4.31 Å². The predicted molar refractivity (Wildman–Crippen MR) is 103 cm³/mol. The van der Waals surface area contributed by atoms with Gasteiger partial charge in [-0.05, 0) is 11.6 Å². The Morgan fingerprint density at radius 3 is 2.19 bits per heavy atom. The lowest BCUT2D eigenvalue weighted by atomic mass is 10.1. The largest absolute Gasteiger partial charge is 0.293 e. The highest BCUT2D eigenvalue weighted by molar-refractivity contribution is 7.88. The summed E-state index contributed by atoms with van der Waals surface area (Å²) in [6.45, 7) is 2.16. The van der Waals surface area contributed by atoms with E-state index in [4.69, 9.17) is 11.6 Å². The van der Waals surface area contributed by atoms with Gasteiger partial charge < -0.3 is 0 Å². The first kappa shape index (κ1) is 19.0. The SMILES string of the molecule is O=C(CN1CCN(S(=O)(=O)Cc2ccccc2Cl)CC1)c1ccccc1. The van der Waals surface area contributed by atoms with Gasteiger partial charge in [-0.2, -0.15) is 4.31 Å². The maximum absolute atomic E-state index is 12.6. The van der Waals surface area contributed by atoms with E-state index < -0.39 is 10.0 Å². The molecule has 3 rings (SSSR count). The highest BCUT2D eigenvalue weighted by Gasteiger charge is 2.28. The summed E-state index contributed by atoms with van der Waals surface area (Å²) in [6, 6.07) is 16.1. The molecule has 0 bridgehead atoms. The van der Waals surface area contributed by atoms with Crippen LogP contribution in [0.1, 0.15) is 15.9 Å². The maximum atomic E-state index is 12.6. The van der Waals surface area contributed by atoms with Gasteiger partial charge in [-0.25, -0.2) is 8.42 Å². The molecule has 1 aliphatic heterocycles. The lowest BCUT2D eigenvalue weighted by Gasteiger charge is -2.33. The number of Topliss-reactive ketones (excluding diaryl/α,β-unsaturated/α-hetero) is 1. The van der Waals surface area contributed by atoms with Crippen molar-refractivity contribution in [2.75, 3.05) is 32.7 Å². The van der Waals surface area contributed by atoms with Crippen LogP contribution in [0.4, 0.5) is 0 Å². The Morgan fingerprint density at radius 1 is 0.923 bits per heavy atom. The zero-order valence-corrected chi connectivity index (χ0v) is 15.9. The molecule has 138 valence electrons. The minimum absolute atomic E-state index is 0.0537. The normalized spacial score (nSPS) is 16.5. The number of sulfonamides is 1. The molecule has 2 aromatic carbocycles. The van der Waals surface area contributed by atoms with Crippen molar-refractivity contribution >= 4 is 27.4 Å². The van der Waals surface area contributed by atoms with Crippen LogP contribution in [-0.2, 0) is 15.8 Å². The predicted octanol–water partition coefficient (Wildman–Crippen LogP) is 2.67. The molecule has 2 aromatic rings. The number of carbonyl (C=O) groups is 1. The summed E-state index contributed by atoms with van der Waals surface area (Å²) in [5, 5.41) is 0.461. The zero-order valence-electron chi connectivity index (χ0n) is 14.3. The molecule has 26 heavy (non-hydrogen) atoms. The molecule has 0 radical (unpaired) electrons. The minimum atomic E-state index is -3.43. The van der Waals surface area contributed by atoms with E-state index in [1.54, 1.807) is 36.4 Å². The number of carbonyl (C=O) groups excluding carboxylic acids is 1. The summed E-state index contributed by atoms with van der Waals surface area (Å²) >= 11 is 6.08. The van der Waals surface area contributed by atoms with Gasteiger partial charge in [0.15, 0.2) is 5.78 Å². The molecule has 0 atom stereocenters. The third-order valence-corrected chi connectivity index (χ3v) is 6.68. The number of hydrogen-bond acceptors (Lipinski definition) is 4. The van der Waals surface area contributed by atoms with Crippen molar-refractivity contribution in [2.24, 2.45) is 0 Å². The Balaban J connectivity index is 1.56. The van der Waals surface area contributed by atoms with Crippen LogP contribution in [0.2, 0.25) is 5.02 Å². The molecule has 0 N–H and O–H groups in total. The maximum Gasteiger partial charge on any atom is 0.218 e. The summed E-state index contributed by atoms with van der Waals surface area (Å²) in [5.41, 5.74) is 1.29. The molecule has 5 nitrogen and oxygen atoms in total. The van der Waals surface area contributed by atoms with Crippen LogP contribution in [0.3, 0.4) is 0 Å². The summed E-state index contributed by atoms with van der Waals surface area (Å²) in [5.74, 6) is -0.0479. The van der Waals surface area contributed by atoms with Gasteiger partial charge in [-0.3, -0.25) is 9.69 Å². The smallest absolute Gasteiger partial charge is 0.218 e. The summed E-state index contributed by atoms with van der Waals surface area (Å²) in [6.07, 6.45) is 0. The van der Waals surface area contributed by atoms with Crippen molar-refractivity contribution in [3.8, 4) is 0 Å². The minimum Gasteiger partial charge on any atom is -0.293 e. The van der Waals surface area contributed by atoms with Crippen molar-refractivity contribution in [3.63, 3.8) is 0 Å². The van der Waals surface area contributed by atoms with Gasteiger partial charge in [0, 0.05) is 36.8 Å². The van der Waals surface area contributed by atoms with Crippen LogP contribution < -0.4 is 0 Å². The first-order valence-electron chi connectivity index (χ1n) is 8.47. The monoisotopic (exact) mass is 392 g/mol. The van der Waals surface area contributed by atoms with Crippen molar-refractivity contribution < 1.29 is 13.2 Å². The topological polar surface area (TPSA) is 57.7 Å². The van der Waals surface area contributed by atoms with Gasteiger partial charge in [-0.15, -0.1) is 0 Å². The van der Waals surface area contributed by atoms with E-state index in [2.05, 4.69) is 0 Å². The van der Waals surface area contributed by atoms with Crippen molar-refractivity contribution in [1.29, 1.82) is 0 Å². The molecule has 0 aliphatic carbocycles. The Bertz CT molecular complexity index is 863. The average molecular weight is 393 g/mol. The van der Waals surface area contributed by atoms with Crippen LogP contribution in [0.25, 0.3) is 0 Å².